The maximum absolute atomic E-state index is 13.1. The van der Waals surface area contributed by atoms with Gasteiger partial charge < -0.3 is 0 Å². The maximum Gasteiger partial charge on any atom is 0.123 e. The van der Waals surface area contributed by atoms with E-state index in [0.29, 0.717) is 6.42 Å². The van der Waals surface area contributed by atoms with Crippen molar-refractivity contribution in [3.8, 4) is 0 Å². The summed E-state index contributed by atoms with van der Waals surface area (Å²) in [6.07, 6.45) is 1.59. The van der Waals surface area contributed by atoms with Gasteiger partial charge in [0.1, 0.15) is 5.82 Å². The summed E-state index contributed by atoms with van der Waals surface area (Å²) in [5.74, 6) is 5.48. The number of hydrazine groups is 1. The maximum atomic E-state index is 13.1. The van der Waals surface area contributed by atoms with Crippen molar-refractivity contribution in [3.05, 3.63) is 52.6 Å². The Hall–Kier alpha value is -1.72. The molecule has 0 aliphatic rings. The summed E-state index contributed by atoms with van der Waals surface area (Å²) in [6.45, 7) is 3.98. The lowest BCUT2D eigenvalue weighted by Crippen LogP contribution is -2.31. The molecule has 0 radical (unpaired) electrons. The standard InChI is InChI=1S/C15H21FN4/c1-4-13-9-15(20(3)19-13)14(18-17)8-11-5-6-12(16)7-10(11)2/h5-7,9,14,18H,4,8,17H2,1-3H3. The van der Waals surface area contributed by atoms with Crippen molar-refractivity contribution >= 4 is 0 Å². The molecule has 2 rings (SSSR count). The van der Waals surface area contributed by atoms with Gasteiger partial charge in [0.2, 0.25) is 0 Å². The number of nitrogens with two attached hydrogens (primary N) is 1. The molecule has 0 saturated carbocycles. The summed E-state index contributed by atoms with van der Waals surface area (Å²) in [4.78, 5) is 0. The van der Waals surface area contributed by atoms with E-state index in [1.807, 2.05) is 24.7 Å². The van der Waals surface area contributed by atoms with E-state index in [1.165, 1.54) is 6.07 Å². The molecule has 1 aromatic carbocycles. The van der Waals surface area contributed by atoms with E-state index >= 15 is 0 Å². The van der Waals surface area contributed by atoms with Crippen molar-refractivity contribution in [1.29, 1.82) is 0 Å². The number of halogens is 1. The zero-order valence-electron chi connectivity index (χ0n) is 12.2. The van der Waals surface area contributed by atoms with Crippen LogP contribution < -0.4 is 11.3 Å². The molecule has 0 aliphatic carbocycles. The molecule has 0 spiro atoms. The molecule has 1 heterocycles. The number of hydrogen-bond donors (Lipinski definition) is 2. The highest BCUT2D eigenvalue weighted by Crippen LogP contribution is 2.21. The summed E-state index contributed by atoms with van der Waals surface area (Å²) in [5, 5.41) is 4.44. The Kier molecular flexibility index (Phi) is 4.52. The molecular weight excluding hydrogens is 255 g/mol. The largest absolute Gasteiger partial charge is 0.271 e. The third-order valence-electron chi connectivity index (χ3n) is 3.62. The monoisotopic (exact) mass is 276 g/mol. The summed E-state index contributed by atoms with van der Waals surface area (Å²) in [7, 11) is 1.91. The first-order valence-corrected chi connectivity index (χ1v) is 6.79. The quantitative estimate of drug-likeness (QED) is 0.650. The van der Waals surface area contributed by atoms with Crippen LogP contribution in [0.1, 0.15) is 35.5 Å². The van der Waals surface area contributed by atoms with Crippen molar-refractivity contribution in [3.63, 3.8) is 0 Å². The van der Waals surface area contributed by atoms with Crippen LogP contribution in [0.2, 0.25) is 0 Å². The molecule has 0 saturated heterocycles. The van der Waals surface area contributed by atoms with Gasteiger partial charge in [-0.25, -0.2) is 4.39 Å². The molecule has 0 aliphatic heterocycles. The second-order valence-electron chi connectivity index (χ2n) is 5.03. The Morgan fingerprint density at radius 2 is 2.15 bits per heavy atom. The van der Waals surface area contributed by atoms with Crippen molar-refractivity contribution in [2.75, 3.05) is 0 Å². The Morgan fingerprint density at radius 1 is 1.40 bits per heavy atom. The fraction of sp³-hybridized carbons (Fsp3) is 0.400. The average molecular weight is 276 g/mol. The van der Waals surface area contributed by atoms with Gasteiger partial charge in [-0.15, -0.1) is 0 Å². The first-order valence-electron chi connectivity index (χ1n) is 6.79. The van der Waals surface area contributed by atoms with Crippen LogP contribution in [-0.2, 0) is 19.9 Å². The van der Waals surface area contributed by atoms with Gasteiger partial charge in [-0.2, -0.15) is 5.10 Å². The van der Waals surface area contributed by atoms with Crippen LogP contribution in [0.25, 0.3) is 0 Å². The Balaban J connectivity index is 2.26. The van der Waals surface area contributed by atoms with Gasteiger partial charge in [0.05, 0.1) is 17.4 Å². The molecule has 0 amide bonds. The Morgan fingerprint density at radius 3 is 2.70 bits per heavy atom. The van der Waals surface area contributed by atoms with Gasteiger partial charge in [-0.3, -0.25) is 16.0 Å². The van der Waals surface area contributed by atoms with Crippen molar-refractivity contribution in [2.24, 2.45) is 12.9 Å². The molecule has 1 unspecified atom stereocenters. The van der Waals surface area contributed by atoms with Gasteiger partial charge in [0, 0.05) is 7.05 Å². The molecule has 1 aromatic heterocycles. The molecule has 5 heteroatoms. The SMILES string of the molecule is CCc1cc(C(Cc2ccc(F)cc2C)NN)n(C)n1. The Bertz CT molecular complexity index is 592. The number of nitrogens with one attached hydrogen (secondary N) is 1. The first-order chi connectivity index (χ1) is 9.55. The van der Waals surface area contributed by atoms with E-state index < -0.39 is 0 Å². The molecule has 1 atom stereocenters. The van der Waals surface area contributed by atoms with E-state index in [9.17, 15) is 4.39 Å². The zero-order valence-corrected chi connectivity index (χ0v) is 12.2. The van der Waals surface area contributed by atoms with Crippen LogP contribution in [0.15, 0.2) is 24.3 Å². The fourth-order valence-corrected chi connectivity index (χ4v) is 2.40. The van der Waals surface area contributed by atoms with Crippen LogP contribution in [-0.4, -0.2) is 9.78 Å². The molecule has 20 heavy (non-hydrogen) atoms. The van der Waals surface area contributed by atoms with Crippen LogP contribution in [0, 0.1) is 12.7 Å². The smallest absolute Gasteiger partial charge is 0.123 e. The molecule has 4 nitrogen and oxygen atoms in total. The first kappa shape index (κ1) is 14.7. The van der Waals surface area contributed by atoms with Gasteiger partial charge >= 0.3 is 0 Å². The number of aryl methyl sites for hydroxylation is 3. The van der Waals surface area contributed by atoms with Crippen LogP contribution in [0.3, 0.4) is 0 Å². The zero-order chi connectivity index (χ0) is 14.7. The van der Waals surface area contributed by atoms with E-state index in [4.69, 9.17) is 5.84 Å². The molecule has 0 bridgehead atoms. The normalized spacial score (nSPS) is 12.7. The highest BCUT2D eigenvalue weighted by atomic mass is 19.1. The van der Waals surface area contributed by atoms with Gasteiger partial charge in [0.15, 0.2) is 0 Å². The second-order valence-corrected chi connectivity index (χ2v) is 5.03. The van der Waals surface area contributed by atoms with Crippen LogP contribution in [0.5, 0.6) is 0 Å². The topological polar surface area (TPSA) is 55.9 Å². The van der Waals surface area contributed by atoms with Gasteiger partial charge in [0.25, 0.3) is 0 Å². The van der Waals surface area contributed by atoms with Gasteiger partial charge in [-0.05, 0) is 49.1 Å². The molecule has 108 valence electrons. The van der Waals surface area contributed by atoms with Crippen molar-refractivity contribution in [2.45, 2.75) is 32.7 Å². The lowest BCUT2D eigenvalue weighted by atomic mass is 9.99. The number of nitrogens with zero attached hydrogens (tertiary/aromatic N) is 2. The highest BCUT2D eigenvalue weighted by Gasteiger charge is 2.17. The minimum atomic E-state index is -0.211. The number of benzene rings is 1. The van der Waals surface area contributed by atoms with E-state index in [2.05, 4.69) is 23.5 Å². The Labute approximate surface area is 118 Å². The third-order valence-corrected chi connectivity index (χ3v) is 3.62. The van der Waals surface area contributed by atoms with Crippen molar-refractivity contribution in [1.82, 2.24) is 15.2 Å². The molecule has 0 fully saturated rings. The van der Waals surface area contributed by atoms with E-state index in [-0.39, 0.29) is 11.9 Å². The number of aromatic nitrogens is 2. The molecular formula is C15H21FN4. The van der Waals surface area contributed by atoms with Gasteiger partial charge in [-0.1, -0.05) is 13.0 Å². The highest BCUT2D eigenvalue weighted by molar-refractivity contribution is 5.29. The number of hydrogen-bond acceptors (Lipinski definition) is 3. The second kappa shape index (κ2) is 6.15. The predicted molar refractivity (Wildman–Crippen MR) is 77.5 cm³/mol. The van der Waals surface area contributed by atoms with E-state index in [0.717, 1.165) is 28.9 Å². The molecule has 3 N–H and O–H groups in total. The van der Waals surface area contributed by atoms with Crippen molar-refractivity contribution < 1.29 is 4.39 Å². The lowest BCUT2D eigenvalue weighted by Gasteiger charge is -2.17. The van der Waals surface area contributed by atoms with Crippen LogP contribution in [0.4, 0.5) is 4.39 Å². The fourth-order valence-electron chi connectivity index (χ4n) is 2.40. The third kappa shape index (κ3) is 3.05. The van der Waals surface area contributed by atoms with E-state index in [1.54, 1.807) is 6.07 Å². The average Bonchev–Trinajstić information content (AvgIpc) is 2.79. The summed E-state index contributed by atoms with van der Waals surface area (Å²) in [5.41, 5.74) is 6.92. The summed E-state index contributed by atoms with van der Waals surface area (Å²) in [6, 6.07) is 6.85. The molecule has 2 aromatic rings. The summed E-state index contributed by atoms with van der Waals surface area (Å²) < 4.78 is 15.0. The van der Waals surface area contributed by atoms with Crippen LogP contribution >= 0.6 is 0 Å². The number of rotatable bonds is 5. The lowest BCUT2D eigenvalue weighted by molar-refractivity contribution is 0.506. The predicted octanol–water partition coefficient (Wildman–Crippen LogP) is 2.18. The minimum Gasteiger partial charge on any atom is -0.271 e. The summed E-state index contributed by atoms with van der Waals surface area (Å²) >= 11 is 0. The minimum absolute atomic E-state index is 0.0445.